The lowest BCUT2D eigenvalue weighted by molar-refractivity contribution is 0.101. The highest BCUT2D eigenvalue weighted by molar-refractivity contribution is 6.03. The number of aryl methyl sites for hydroxylation is 2. The van der Waals surface area contributed by atoms with Gasteiger partial charge in [0, 0.05) is 11.8 Å². The first-order chi connectivity index (χ1) is 10.1. The van der Waals surface area contributed by atoms with Crippen molar-refractivity contribution in [3.05, 3.63) is 59.5 Å². The highest BCUT2D eigenvalue weighted by Crippen LogP contribution is 2.21. The van der Waals surface area contributed by atoms with Crippen LogP contribution in [0.1, 0.15) is 21.6 Å². The van der Waals surface area contributed by atoms with E-state index in [-0.39, 0.29) is 11.6 Å². The van der Waals surface area contributed by atoms with Crippen molar-refractivity contribution in [2.24, 2.45) is 0 Å². The first-order valence-electron chi connectivity index (χ1n) is 6.52. The lowest BCUT2D eigenvalue weighted by atomic mass is 10.1. The fraction of sp³-hybridized carbons (Fsp3) is 0.125. The first kappa shape index (κ1) is 13.2. The van der Waals surface area contributed by atoms with Crippen LogP contribution < -0.4 is 5.32 Å². The van der Waals surface area contributed by atoms with Crippen LogP contribution in [0.25, 0.3) is 11.5 Å². The van der Waals surface area contributed by atoms with Crippen LogP contribution in [0.4, 0.5) is 5.69 Å². The Kier molecular flexibility index (Phi) is 3.31. The molecule has 1 N–H and O–H groups in total. The average molecular weight is 282 g/mol. The van der Waals surface area contributed by atoms with Gasteiger partial charge in [0.15, 0.2) is 11.5 Å². The van der Waals surface area contributed by atoms with Crippen LogP contribution in [0.15, 0.2) is 51.6 Å². The monoisotopic (exact) mass is 282 g/mol. The summed E-state index contributed by atoms with van der Waals surface area (Å²) >= 11 is 0. The van der Waals surface area contributed by atoms with E-state index in [0.717, 1.165) is 11.3 Å². The molecule has 0 spiro atoms. The molecule has 106 valence electrons. The number of furan rings is 1. The normalized spacial score (nSPS) is 10.6. The van der Waals surface area contributed by atoms with Crippen LogP contribution in [0.3, 0.4) is 0 Å². The van der Waals surface area contributed by atoms with Crippen LogP contribution in [-0.4, -0.2) is 11.1 Å². The van der Waals surface area contributed by atoms with Crippen molar-refractivity contribution in [1.29, 1.82) is 0 Å². The smallest absolute Gasteiger partial charge is 0.277 e. The zero-order valence-corrected chi connectivity index (χ0v) is 11.7. The molecule has 0 fully saturated rings. The number of amides is 1. The summed E-state index contributed by atoms with van der Waals surface area (Å²) in [6.45, 7) is 4.02. The fourth-order valence-electron chi connectivity index (χ4n) is 1.93. The van der Waals surface area contributed by atoms with Crippen molar-refractivity contribution in [3.8, 4) is 11.5 Å². The Labute approximate surface area is 121 Å². The molecule has 3 aromatic rings. The first-order valence-corrected chi connectivity index (χ1v) is 6.52. The van der Waals surface area contributed by atoms with Crippen molar-refractivity contribution in [3.63, 3.8) is 0 Å². The van der Waals surface area contributed by atoms with Crippen molar-refractivity contribution in [2.75, 3.05) is 5.32 Å². The molecule has 21 heavy (non-hydrogen) atoms. The second kappa shape index (κ2) is 5.28. The third-order valence-electron chi connectivity index (χ3n) is 3.27. The minimum Gasteiger partial charge on any atom is -0.461 e. The van der Waals surface area contributed by atoms with E-state index in [4.69, 9.17) is 8.94 Å². The van der Waals surface area contributed by atoms with Crippen LogP contribution >= 0.6 is 0 Å². The number of rotatable bonds is 3. The minimum atomic E-state index is -0.320. The maximum absolute atomic E-state index is 12.1. The number of nitrogens with zero attached hydrogens (tertiary/aromatic N) is 1. The van der Waals surface area contributed by atoms with E-state index in [0.29, 0.717) is 11.5 Å². The summed E-state index contributed by atoms with van der Waals surface area (Å²) in [5.74, 6) is 0.637. The Bertz CT molecular complexity index is 773. The van der Waals surface area contributed by atoms with Crippen LogP contribution in [-0.2, 0) is 0 Å². The molecule has 0 aliphatic carbocycles. The van der Waals surface area contributed by atoms with Gasteiger partial charge in [-0.2, -0.15) is 0 Å². The Morgan fingerprint density at radius 3 is 2.67 bits per heavy atom. The average Bonchev–Trinajstić information content (AvgIpc) is 3.12. The second-order valence-electron chi connectivity index (χ2n) is 4.81. The van der Waals surface area contributed by atoms with Crippen molar-refractivity contribution in [2.45, 2.75) is 13.8 Å². The predicted octanol–water partition coefficient (Wildman–Crippen LogP) is 3.80. The number of nitrogens with one attached hydrogen (secondary N) is 1. The maximum atomic E-state index is 12.1. The van der Waals surface area contributed by atoms with Crippen LogP contribution in [0, 0.1) is 13.8 Å². The SMILES string of the molecule is Cc1ccc(NC(=O)c2cc(-c3ccco3)on2)cc1C. The summed E-state index contributed by atoms with van der Waals surface area (Å²) in [6.07, 6.45) is 1.53. The van der Waals surface area contributed by atoms with Crippen LogP contribution in [0.5, 0.6) is 0 Å². The number of hydrogen-bond acceptors (Lipinski definition) is 4. The van der Waals surface area contributed by atoms with E-state index < -0.39 is 0 Å². The van der Waals surface area contributed by atoms with E-state index >= 15 is 0 Å². The molecule has 3 rings (SSSR count). The summed E-state index contributed by atoms with van der Waals surface area (Å²) in [7, 11) is 0. The van der Waals surface area contributed by atoms with Crippen molar-refractivity contribution in [1.82, 2.24) is 5.16 Å². The molecule has 0 radical (unpaired) electrons. The van der Waals surface area contributed by atoms with E-state index in [1.165, 1.54) is 11.8 Å². The maximum Gasteiger partial charge on any atom is 0.277 e. The van der Waals surface area contributed by atoms with Gasteiger partial charge < -0.3 is 14.3 Å². The molecule has 1 amide bonds. The standard InChI is InChI=1S/C16H14N2O3/c1-10-5-6-12(8-11(10)2)17-16(19)13-9-15(21-18-13)14-4-3-7-20-14/h3-9H,1-2H3,(H,17,19). The lowest BCUT2D eigenvalue weighted by Crippen LogP contribution is -2.12. The number of benzene rings is 1. The molecule has 0 atom stereocenters. The molecule has 0 bridgehead atoms. The van der Waals surface area contributed by atoms with E-state index in [1.807, 2.05) is 32.0 Å². The highest BCUT2D eigenvalue weighted by Gasteiger charge is 2.15. The Hall–Kier alpha value is -2.82. The second-order valence-corrected chi connectivity index (χ2v) is 4.81. The van der Waals surface area contributed by atoms with Gasteiger partial charge in [-0.3, -0.25) is 4.79 Å². The third-order valence-corrected chi connectivity index (χ3v) is 3.27. The van der Waals surface area contributed by atoms with Gasteiger partial charge in [-0.25, -0.2) is 0 Å². The molecule has 0 unspecified atom stereocenters. The quantitative estimate of drug-likeness (QED) is 0.793. The summed E-state index contributed by atoms with van der Waals surface area (Å²) in [5.41, 5.74) is 3.23. The zero-order chi connectivity index (χ0) is 14.8. The summed E-state index contributed by atoms with van der Waals surface area (Å²) in [5, 5.41) is 6.55. The number of hydrogen-bond donors (Lipinski definition) is 1. The van der Waals surface area contributed by atoms with Gasteiger partial charge in [0.25, 0.3) is 5.91 Å². The number of carbonyl (C=O) groups is 1. The lowest BCUT2D eigenvalue weighted by Gasteiger charge is -2.05. The Balaban J connectivity index is 1.78. The van der Waals surface area contributed by atoms with E-state index in [1.54, 1.807) is 18.2 Å². The predicted molar refractivity (Wildman–Crippen MR) is 78.1 cm³/mol. The van der Waals surface area contributed by atoms with Gasteiger partial charge in [0.05, 0.1) is 6.26 Å². The molecule has 0 aliphatic heterocycles. The molecule has 5 nitrogen and oxygen atoms in total. The van der Waals surface area contributed by atoms with Gasteiger partial charge in [0.1, 0.15) is 0 Å². The molecule has 2 heterocycles. The van der Waals surface area contributed by atoms with Gasteiger partial charge in [0.2, 0.25) is 5.76 Å². The largest absolute Gasteiger partial charge is 0.461 e. The molecule has 0 saturated carbocycles. The molecule has 0 aliphatic rings. The number of carbonyl (C=O) groups excluding carboxylic acids is 1. The van der Waals surface area contributed by atoms with Gasteiger partial charge in [-0.1, -0.05) is 11.2 Å². The molecular formula is C16H14N2O3. The Morgan fingerprint density at radius 1 is 1.10 bits per heavy atom. The molecule has 0 saturated heterocycles. The molecule has 2 aromatic heterocycles. The molecule has 1 aromatic carbocycles. The van der Waals surface area contributed by atoms with Crippen molar-refractivity contribution < 1.29 is 13.7 Å². The van der Waals surface area contributed by atoms with Crippen molar-refractivity contribution >= 4 is 11.6 Å². The van der Waals surface area contributed by atoms with Crippen LogP contribution in [0.2, 0.25) is 0 Å². The topological polar surface area (TPSA) is 68.3 Å². The summed E-state index contributed by atoms with van der Waals surface area (Å²) in [4.78, 5) is 12.1. The molecule has 5 heteroatoms. The number of anilines is 1. The third kappa shape index (κ3) is 2.72. The fourth-order valence-corrected chi connectivity index (χ4v) is 1.93. The van der Waals surface area contributed by atoms with E-state index in [2.05, 4.69) is 10.5 Å². The van der Waals surface area contributed by atoms with Gasteiger partial charge in [-0.05, 0) is 49.2 Å². The van der Waals surface area contributed by atoms with Gasteiger partial charge in [-0.15, -0.1) is 0 Å². The molecular weight excluding hydrogens is 268 g/mol. The minimum absolute atomic E-state index is 0.208. The highest BCUT2D eigenvalue weighted by atomic mass is 16.5. The summed E-state index contributed by atoms with van der Waals surface area (Å²) in [6, 6.07) is 10.8. The zero-order valence-electron chi connectivity index (χ0n) is 11.7. The Morgan fingerprint density at radius 2 is 1.95 bits per heavy atom. The summed E-state index contributed by atoms with van der Waals surface area (Å²) < 4.78 is 10.3. The van der Waals surface area contributed by atoms with E-state index in [9.17, 15) is 4.79 Å². The number of aromatic nitrogens is 1. The van der Waals surface area contributed by atoms with Gasteiger partial charge >= 0.3 is 0 Å².